The Morgan fingerprint density at radius 1 is 1.08 bits per heavy atom. The van der Waals surface area contributed by atoms with Gasteiger partial charge in [-0.05, 0) is 31.2 Å². The van der Waals surface area contributed by atoms with Crippen LogP contribution in [-0.4, -0.2) is 26.3 Å². The highest BCUT2D eigenvalue weighted by molar-refractivity contribution is 5.80. The van der Waals surface area contributed by atoms with Crippen molar-refractivity contribution < 1.29 is 4.74 Å². The highest BCUT2D eigenvalue weighted by Crippen LogP contribution is 2.24. The fourth-order valence-electron chi connectivity index (χ4n) is 3.18. The number of hydrogen-bond acceptors (Lipinski definition) is 5. The number of hydrogen-bond donors (Lipinski definition) is 1. The third kappa shape index (κ3) is 2.48. The largest absolute Gasteiger partial charge is 0.495 e. The van der Waals surface area contributed by atoms with Gasteiger partial charge in [-0.1, -0.05) is 24.3 Å². The van der Waals surface area contributed by atoms with Gasteiger partial charge in [-0.25, -0.2) is 0 Å². The summed E-state index contributed by atoms with van der Waals surface area (Å²) in [6.07, 6.45) is 0. The van der Waals surface area contributed by atoms with E-state index in [1.807, 2.05) is 59.9 Å². The van der Waals surface area contributed by atoms with Crippen LogP contribution in [0.2, 0.25) is 0 Å². The molecule has 2 aromatic heterocycles. The minimum absolute atomic E-state index is 0.0489. The average Bonchev–Trinajstić information content (AvgIpc) is 3.11. The van der Waals surface area contributed by atoms with Crippen LogP contribution in [0.25, 0.3) is 16.7 Å². The summed E-state index contributed by atoms with van der Waals surface area (Å²) in [5.74, 6) is 2.04. The van der Waals surface area contributed by atoms with E-state index < -0.39 is 0 Å². The molecule has 0 aliphatic heterocycles. The molecule has 4 aromatic rings. The Balaban J connectivity index is 1.84. The van der Waals surface area contributed by atoms with Crippen molar-refractivity contribution >= 4 is 22.4 Å². The third-order valence-corrected chi connectivity index (χ3v) is 4.44. The molecule has 0 atom stereocenters. The number of para-hydroxylation sites is 3. The number of nitrogens with one attached hydrogen (secondary N) is 1. The molecule has 7 heteroatoms. The number of aryl methyl sites for hydroxylation is 1. The second-order valence-corrected chi connectivity index (χ2v) is 5.87. The van der Waals surface area contributed by atoms with Gasteiger partial charge in [-0.15, -0.1) is 10.2 Å². The Bertz CT molecular complexity index is 1150. The van der Waals surface area contributed by atoms with Crippen molar-refractivity contribution in [3.63, 3.8) is 0 Å². The molecule has 0 unspecified atom stereocenters. The van der Waals surface area contributed by atoms with E-state index in [1.165, 1.54) is 0 Å². The van der Waals surface area contributed by atoms with Gasteiger partial charge in [0.15, 0.2) is 5.82 Å². The summed E-state index contributed by atoms with van der Waals surface area (Å²) in [6, 6.07) is 15.2. The monoisotopic (exact) mass is 349 g/mol. The summed E-state index contributed by atoms with van der Waals surface area (Å²) in [5, 5.41) is 12.6. The van der Waals surface area contributed by atoms with Crippen LogP contribution in [0, 0.1) is 0 Å². The van der Waals surface area contributed by atoms with Gasteiger partial charge < -0.3 is 10.1 Å². The normalized spacial score (nSPS) is 11.2. The van der Waals surface area contributed by atoms with Crippen LogP contribution in [0.4, 0.5) is 5.69 Å². The van der Waals surface area contributed by atoms with Crippen LogP contribution >= 0.6 is 0 Å². The molecule has 132 valence electrons. The van der Waals surface area contributed by atoms with Gasteiger partial charge in [-0.2, -0.15) is 0 Å². The molecular formula is C19H19N5O2. The number of anilines is 1. The van der Waals surface area contributed by atoms with Crippen LogP contribution in [-0.2, 0) is 13.1 Å². The molecule has 0 aliphatic rings. The molecule has 0 bridgehead atoms. The molecular weight excluding hydrogens is 330 g/mol. The number of fused-ring (bicyclic) bond motifs is 3. The zero-order valence-electron chi connectivity index (χ0n) is 14.6. The smallest absolute Gasteiger partial charge is 0.262 e. The summed E-state index contributed by atoms with van der Waals surface area (Å²) < 4.78 is 8.95. The van der Waals surface area contributed by atoms with Crippen LogP contribution in [0.5, 0.6) is 5.75 Å². The van der Waals surface area contributed by atoms with Gasteiger partial charge in [0.2, 0.25) is 5.78 Å². The first kappa shape index (κ1) is 16.1. The number of ether oxygens (including phenoxy) is 1. The molecule has 0 amide bonds. The van der Waals surface area contributed by atoms with Gasteiger partial charge in [0, 0.05) is 6.54 Å². The van der Waals surface area contributed by atoms with Crippen LogP contribution in [0.1, 0.15) is 12.7 Å². The molecule has 0 fully saturated rings. The Hall–Kier alpha value is -3.35. The Morgan fingerprint density at radius 2 is 1.85 bits per heavy atom. The Kier molecular flexibility index (Phi) is 4.04. The van der Waals surface area contributed by atoms with Crippen molar-refractivity contribution in [3.05, 3.63) is 64.7 Å². The van der Waals surface area contributed by atoms with Crippen molar-refractivity contribution in [2.45, 2.75) is 20.0 Å². The molecule has 26 heavy (non-hydrogen) atoms. The Labute approximate surface area is 149 Å². The molecule has 4 rings (SSSR count). The van der Waals surface area contributed by atoms with Gasteiger partial charge in [-0.3, -0.25) is 13.8 Å². The van der Waals surface area contributed by atoms with E-state index in [1.54, 1.807) is 11.7 Å². The van der Waals surface area contributed by atoms with Gasteiger partial charge >= 0.3 is 0 Å². The first-order valence-electron chi connectivity index (χ1n) is 8.47. The number of nitrogens with zero attached hydrogens (tertiary/aromatic N) is 4. The van der Waals surface area contributed by atoms with E-state index in [0.717, 1.165) is 22.8 Å². The first-order valence-corrected chi connectivity index (χ1v) is 8.47. The van der Waals surface area contributed by atoms with E-state index in [-0.39, 0.29) is 5.56 Å². The zero-order valence-corrected chi connectivity index (χ0v) is 14.6. The van der Waals surface area contributed by atoms with E-state index in [0.29, 0.717) is 24.3 Å². The summed E-state index contributed by atoms with van der Waals surface area (Å²) in [4.78, 5) is 12.7. The Morgan fingerprint density at radius 3 is 2.65 bits per heavy atom. The minimum atomic E-state index is -0.0489. The minimum Gasteiger partial charge on any atom is -0.495 e. The predicted octanol–water partition coefficient (Wildman–Crippen LogP) is 2.68. The van der Waals surface area contributed by atoms with Crippen molar-refractivity contribution in [1.82, 2.24) is 19.2 Å². The second kappa shape index (κ2) is 6.51. The molecule has 0 radical (unpaired) electrons. The molecule has 0 saturated heterocycles. The van der Waals surface area contributed by atoms with Crippen molar-refractivity contribution in [2.75, 3.05) is 12.4 Å². The van der Waals surface area contributed by atoms with Crippen LogP contribution < -0.4 is 15.6 Å². The van der Waals surface area contributed by atoms with Gasteiger partial charge in [0.25, 0.3) is 5.56 Å². The van der Waals surface area contributed by atoms with E-state index in [2.05, 4.69) is 15.5 Å². The number of methoxy groups -OCH3 is 1. The third-order valence-electron chi connectivity index (χ3n) is 4.44. The second-order valence-electron chi connectivity index (χ2n) is 5.87. The molecule has 2 aromatic carbocycles. The van der Waals surface area contributed by atoms with E-state index in [4.69, 9.17) is 4.74 Å². The highest BCUT2D eigenvalue weighted by Gasteiger charge is 2.15. The van der Waals surface area contributed by atoms with Crippen molar-refractivity contribution in [3.8, 4) is 5.75 Å². The fraction of sp³-hybridized carbons (Fsp3) is 0.211. The van der Waals surface area contributed by atoms with Gasteiger partial charge in [0.05, 0.1) is 30.2 Å². The van der Waals surface area contributed by atoms with Crippen molar-refractivity contribution in [1.29, 1.82) is 0 Å². The lowest BCUT2D eigenvalue weighted by Crippen LogP contribution is -2.22. The topological polar surface area (TPSA) is 73.5 Å². The number of rotatable bonds is 5. The maximum Gasteiger partial charge on any atom is 0.262 e. The van der Waals surface area contributed by atoms with E-state index in [9.17, 15) is 4.79 Å². The van der Waals surface area contributed by atoms with Crippen LogP contribution in [0.15, 0.2) is 53.3 Å². The quantitative estimate of drug-likeness (QED) is 0.600. The summed E-state index contributed by atoms with van der Waals surface area (Å²) in [7, 11) is 1.64. The van der Waals surface area contributed by atoms with E-state index >= 15 is 0 Å². The van der Waals surface area contributed by atoms with Gasteiger partial charge in [0.1, 0.15) is 5.75 Å². The number of aromatic nitrogens is 4. The summed E-state index contributed by atoms with van der Waals surface area (Å²) in [5.41, 5.74) is 1.63. The molecule has 0 spiro atoms. The summed E-state index contributed by atoms with van der Waals surface area (Å²) >= 11 is 0. The fourth-order valence-corrected chi connectivity index (χ4v) is 3.18. The van der Waals surface area contributed by atoms with Crippen molar-refractivity contribution in [2.24, 2.45) is 0 Å². The maximum absolute atomic E-state index is 12.7. The zero-order chi connectivity index (χ0) is 18.1. The summed E-state index contributed by atoms with van der Waals surface area (Å²) in [6.45, 7) is 2.91. The predicted molar refractivity (Wildman–Crippen MR) is 101 cm³/mol. The molecule has 2 heterocycles. The lowest BCUT2D eigenvalue weighted by atomic mass is 10.2. The standard InChI is InChI=1S/C19H19N5O2/c1-3-23-18(25)13-8-4-6-10-15(13)24-17(21-22-19(23)24)12-20-14-9-5-7-11-16(14)26-2/h4-11,20H,3,12H2,1-2H3. The highest BCUT2D eigenvalue weighted by atomic mass is 16.5. The molecule has 0 saturated carbocycles. The molecule has 7 nitrogen and oxygen atoms in total. The first-order chi connectivity index (χ1) is 12.7. The SMILES string of the molecule is CCn1c(=O)c2ccccc2n2c(CNc3ccccc3OC)nnc12. The average molecular weight is 349 g/mol. The molecule has 1 N–H and O–H groups in total. The number of benzene rings is 2. The lowest BCUT2D eigenvalue weighted by Gasteiger charge is -2.12. The maximum atomic E-state index is 12.7. The van der Waals surface area contributed by atoms with Crippen LogP contribution in [0.3, 0.4) is 0 Å². The lowest BCUT2D eigenvalue weighted by molar-refractivity contribution is 0.416. The molecule has 0 aliphatic carbocycles.